The van der Waals surface area contributed by atoms with Crippen LogP contribution in [0.2, 0.25) is 0 Å². The normalized spacial score (nSPS) is 14.1. The van der Waals surface area contributed by atoms with E-state index in [1.807, 2.05) is 19.9 Å². The lowest BCUT2D eigenvalue weighted by Crippen LogP contribution is -2.41. The van der Waals surface area contributed by atoms with Crippen molar-refractivity contribution in [1.82, 2.24) is 5.32 Å². The van der Waals surface area contributed by atoms with Gasteiger partial charge in [-0.1, -0.05) is 35.9 Å². The van der Waals surface area contributed by atoms with Crippen molar-refractivity contribution in [1.29, 1.82) is 0 Å². The van der Waals surface area contributed by atoms with Gasteiger partial charge in [0, 0.05) is 6.54 Å². The third-order valence-corrected chi connectivity index (χ3v) is 7.05. The Morgan fingerprint density at radius 1 is 1.03 bits per heavy atom. The second kappa shape index (κ2) is 9.94. The van der Waals surface area contributed by atoms with Crippen LogP contribution >= 0.6 is 0 Å². The van der Waals surface area contributed by atoms with E-state index in [4.69, 9.17) is 0 Å². The molecular weight excluding hydrogens is 396 g/mol. The van der Waals surface area contributed by atoms with Gasteiger partial charge in [0.15, 0.2) is 0 Å². The first-order valence-electron chi connectivity index (χ1n) is 10.5. The minimum Gasteiger partial charge on any atom is -0.354 e. The maximum absolute atomic E-state index is 13.3. The molecule has 3 rings (SSSR count). The minimum atomic E-state index is -3.87. The summed E-state index contributed by atoms with van der Waals surface area (Å²) >= 11 is 0. The summed E-state index contributed by atoms with van der Waals surface area (Å²) < 4.78 is 27.9. The molecule has 30 heavy (non-hydrogen) atoms. The molecular formula is C24H30N2O3S. The first-order valence-corrected chi connectivity index (χ1v) is 11.9. The molecule has 0 atom stereocenters. The molecule has 0 radical (unpaired) electrons. The van der Waals surface area contributed by atoms with Crippen molar-refractivity contribution in [2.45, 2.75) is 50.8 Å². The number of nitrogens with zero attached hydrogens (tertiary/aromatic N) is 1. The first kappa shape index (κ1) is 22.1. The highest BCUT2D eigenvalue weighted by Gasteiger charge is 2.27. The highest BCUT2D eigenvalue weighted by molar-refractivity contribution is 7.92. The van der Waals surface area contributed by atoms with Gasteiger partial charge in [-0.3, -0.25) is 9.10 Å². The summed E-state index contributed by atoms with van der Waals surface area (Å²) in [6.45, 7) is 4.11. The summed E-state index contributed by atoms with van der Waals surface area (Å²) in [5, 5.41) is 2.90. The van der Waals surface area contributed by atoms with E-state index in [1.165, 1.54) is 22.7 Å². The number of sulfonamides is 1. The number of nitrogens with one attached hydrogen (secondary N) is 1. The predicted molar refractivity (Wildman–Crippen MR) is 121 cm³/mol. The smallest absolute Gasteiger partial charge is 0.264 e. The van der Waals surface area contributed by atoms with Crippen molar-refractivity contribution < 1.29 is 13.2 Å². The van der Waals surface area contributed by atoms with Crippen LogP contribution in [0, 0.1) is 13.8 Å². The number of anilines is 1. The lowest BCUT2D eigenvalue weighted by atomic mass is 9.97. The van der Waals surface area contributed by atoms with E-state index in [-0.39, 0.29) is 17.3 Å². The van der Waals surface area contributed by atoms with Crippen LogP contribution < -0.4 is 9.62 Å². The number of hydrogen-bond acceptors (Lipinski definition) is 3. The van der Waals surface area contributed by atoms with Gasteiger partial charge < -0.3 is 5.32 Å². The number of benzene rings is 2. The molecule has 1 N–H and O–H groups in total. The summed E-state index contributed by atoms with van der Waals surface area (Å²) in [5.41, 5.74) is 3.77. The van der Waals surface area contributed by atoms with E-state index in [2.05, 4.69) is 11.4 Å². The monoisotopic (exact) mass is 426 g/mol. The van der Waals surface area contributed by atoms with Gasteiger partial charge in [-0.25, -0.2) is 8.42 Å². The lowest BCUT2D eigenvalue weighted by molar-refractivity contribution is -0.119. The fourth-order valence-electron chi connectivity index (χ4n) is 3.81. The quantitative estimate of drug-likeness (QED) is 0.632. The fourth-order valence-corrected chi connectivity index (χ4v) is 5.24. The Morgan fingerprint density at radius 3 is 2.37 bits per heavy atom. The summed E-state index contributed by atoms with van der Waals surface area (Å²) in [5.74, 6) is -0.301. The zero-order valence-electron chi connectivity index (χ0n) is 17.7. The topological polar surface area (TPSA) is 66.5 Å². The van der Waals surface area contributed by atoms with Crippen molar-refractivity contribution in [3.8, 4) is 0 Å². The van der Waals surface area contributed by atoms with Gasteiger partial charge in [-0.15, -0.1) is 0 Å². The number of rotatable bonds is 8. The van der Waals surface area contributed by atoms with Crippen molar-refractivity contribution in [3.05, 3.63) is 71.3 Å². The highest BCUT2D eigenvalue weighted by atomic mass is 32.2. The minimum absolute atomic E-state index is 0.171. The van der Waals surface area contributed by atoms with Crippen molar-refractivity contribution in [2.75, 3.05) is 17.4 Å². The average Bonchev–Trinajstić information content (AvgIpc) is 2.72. The first-order chi connectivity index (χ1) is 14.4. The van der Waals surface area contributed by atoms with Crippen molar-refractivity contribution in [2.24, 2.45) is 0 Å². The largest absolute Gasteiger partial charge is 0.354 e. The van der Waals surface area contributed by atoms with Crippen LogP contribution in [0.15, 0.2) is 65.1 Å². The molecule has 0 aliphatic heterocycles. The maximum Gasteiger partial charge on any atom is 0.264 e. The molecule has 5 nitrogen and oxygen atoms in total. The van der Waals surface area contributed by atoms with E-state index in [1.54, 1.807) is 42.5 Å². The Hall–Kier alpha value is -2.60. The van der Waals surface area contributed by atoms with Gasteiger partial charge in [0.05, 0.1) is 10.6 Å². The van der Waals surface area contributed by atoms with Crippen LogP contribution in [0.3, 0.4) is 0 Å². The van der Waals surface area contributed by atoms with Gasteiger partial charge in [0.1, 0.15) is 6.54 Å². The molecule has 1 aliphatic rings. The number of amides is 1. The summed E-state index contributed by atoms with van der Waals surface area (Å²) in [6, 6.07) is 13.8. The Balaban J connectivity index is 1.79. The molecule has 0 fully saturated rings. The predicted octanol–water partition coefficient (Wildman–Crippen LogP) is 4.51. The van der Waals surface area contributed by atoms with E-state index in [0.29, 0.717) is 12.2 Å². The fraction of sp³-hybridized carbons (Fsp3) is 0.375. The molecule has 0 heterocycles. The number of carbonyl (C=O) groups is 1. The molecule has 1 amide bonds. The van der Waals surface area contributed by atoms with Crippen LogP contribution in [0.4, 0.5) is 5.69 Å². The van der Waals surface area contributed by atoms with Crippen molar-refractivity contribution >= 4 is 21.6 Å². The molecule has 2 aromatic rings. The average molecular weight is 427 g/mol. The van der Waals surface area contributed by atoms with E-state index >= 15 is 0 Å². The molecule has 0 unspecified atom stereocenters. The second-order valence-corrected chi connectivity index (χ2v) is 9.74. The number of carbonyl (C=O) groups excluding carboxylic acids is 1. The van der Waals surface area contributed by atoms with Crippen LogP contribution in [-0.4, -0.2) is 27.4 Å². The standard InChI is InChI=1S/C24H30N2O3S/c1-19-15-20(2)17-22(16-19)26(30(28,29)23-11-7-4-8-12-23)18-24(27)25-14-13-21-9-5-3-6-10-21/h4,7-9,11-12,15-17H,3,5-6,10,13-14,18H2,1-2H3,(H,25,27). The Bertz CT molecular complexity index is 994. The second-order valence-electron chi connectivity index (χ2n) is 7.88. The number of aryl methyl sites for hydroxylation is 2. The molecule has 0 saturated carbocycles. The molecule has 160 valence electrons. The molecule has 2 aromatic carbocycles. The Labute approximate surface area is 179 Å². The molecule has 0 bridgehead atoms. The molecule has 0 aromatic heterocycles. The third-order valence-electron chi connectivity index (χ3n) is 5.27. The summed E-state index contributed by atoms with van der Waals surface area (Å²) in [6.07, 6.45) is 7.72. The molecule has 0 saturated heterocycles. The Morgan fingerprint density at radius 2 is 1.73 bits per heavy atom. The summed E-state index contributed by atoms with van der Waals surface area (Å²) in [4.78, 5) is 12.9. The van der Waals surface area contributed by atoms with Gasteiger partial charge in [-0.2, -0.15) is 0 Å². The van der Waals surface area contributed by atoms with Crippen LogP contribution in [0.5, 0.6) is 0 Å². The zero-order chi connectivity index (χ0) is 21.6. The maximum atomic E-state index is 13.3. The highest BCUT2D eigenvalue weighted by Crippen LogP contribution is 2.26. The molecule has 1 aliphatic carbocycles. The van der Waals surface area contributed by atoms with Gasteiger partial charge in [0.2, 0.25) is 5.91 Å². The lowest BCUT2D eigenvalue weighted by Gasteiger charge is -2.25. The molecule has 0 spiro atoms. The van der Waals surface area contributed by atoms with Crippen LogP contribution in [0.25, 0.3) is 0 Å². The SMILES string of the molecule is Cc1cc(C)cc(N(CC(=O)NCCC2=CCCCC2)S(=O)(=O)c2ccccc2)c1. The van der Waals surface area contributed by atoms with Crippen molar-refractivity contribution in [3.63, 3.8) is 0 Å². The van der Waals surface area contributed by atoms with Gasteiger partial charge in [0.25, 0.3) is 10.0 Å². The zero-order valence-corrected chi connectivity index (χ0v) is 18.5. The van der Waals surface area contributed by atoms with Crippen LogP contribution in [-0.2, 0) is 14.8 Å². The summed E-state index contributed by atoms with van der Waals surface area (Å²) in [7, 11) is -3.87. The third kappa shape index (κ3) is 5.72. The molecule has 6 heteroatoms. The van der Waals surface area contributed by atoms with E-state index < -0.39 is 10.0 Å². The van der Waals surface area contributed by atoms with Crippen LogP contribution in [0.1, 0.15) is 43.2 Å². The number of allylic oxidation sites excluding steroid dienone is 1. The Kier molecular flexibility index (Phi) is 7.32. The van der Waals surface area contributed by atoms with Gasteiger partial charge in [-0.05, 0) is 81.3 Å². The van der Waals surface area contributed by atoms with E-state index in [0.717, 1.165) is 30.4 Å². The van der Waals surface area contributed by atoms with Gasteiger partial charge >= 0.3 is 0 Å². The number of hydrogen-bond donors (Lipinski definition) is 1. The van der Waals surface area contributed by atoms with E-state index in [9.17, 15) is 13.2 Å².